The molecule has 1 heterocycles. The van der Waals surface area contributed by atoms with E-state index in [0.29, 0.717) is 35.8 Å². The SMILES string of the molecule is COC(=O)C(C(=O)c1ccc(Cc2cn(C(C)C(=O)N(C)C)c3ccc(C(=O)NCC4CCCC4)cc23)c(OC)c1)S(=O)(=O)c1ccccc1. The molecule has 50 heavy (non-hydrogen) atoms. The number of esters is 1. The average Bonchev–Trinajstić information content (AvgIpc) is 3.78. The van der Waals surface area contributed by atoms with Crippen LogP contribution in [0.5, 0.6) is 5.75 Å². The van der Waals surface area contributed by atoms with Crippen LogP contribution in [0.1, 0.15) is 70.5 Å². The summed E-state index contributed by atoms with van der Waals surface area (Å²) in [6.45, 7) is 2.45. The Balaban J connectivity index is 1.51. The molecule has 1 saturated carbocycles. The number of carbonyl (C=O) groups is 4. The van der Waals surface area contributed by atoms with Gasteiger partial charge in [0.15, 0.2) is 15.6 Å². The molecule has 0 saturated heterocycles. The summed E-state index contributed by atoms with van der Waals surface area (Å²) in [5.41, 5.74) is 2.69. The van der Waals surface area contributed by atoms with Crippen LogP contribution in [0.2, 0.25) is 0 Å². The van der Waals surface area contributed by atoms with E-state index >= 15 is 0 Å². The number of ketones is 1. The number of aromatic nitrogens is 1. The Morgan fingerprint density at radius 1 is 0.920 bits per heavy atom. The molecule has 11 nitrogen and oxygen atoms in total. The van der Waals surface area contributed by atoms with Crippen molar-refractivity contribution >= 4 is 44.3 Å². The lowest BCUT2D eigenvalue weighted by Gasteiger charge is -2.19. The van der Waals surface area contributed by atoms with E-state index in [1.54, 1.807) is 32.3 Å². The first-order valence-electron chi connectivity index (χ1n) is 16.6. The first-order chi connectivity index (χ1) is 23.9. The Labute approximate surface area is 292 Å². The van der Waals surface area contributed by atoms with Gasteiger partial charge in [-0.2, -0.15) is 0 Å². The second-order valence-corrected chi connectivity index (χ2v) is 14.9. The summed E-state index contributed by atoms with van der Waals surface area (Å²) in [6.07, 6.45) is 6.77. The van der Waals surface area contributed by atoms with E-state index in [1.807, 2.05) is 29.8 Å². The minimum atomic E-state index is -4.43. The number of nitrogens with one attached hydrogen (secondary N) is 1. The summed E-state index contributed by atoms with van der Waals surface area (Å²) in [6, 6.07) is 16.7. The van der Waals surface area contributed by atoms with E-state index < -0.39 is 32.9 Å². The number of hydrogen-bond donors (Lipinski definition) is 1. The third-order valence-electron chi connectivity index (χ3n) is 9.41. The molecule has 1 aliphatic rings. The third-order valence-corrected chi connectivity index (χ3v) is 11.4. The maximum atomic E-state index is 13.7. The fraction of sp³-hybridized carbons (Fsp3) is 0.368. The molecule has 1 fully saturated rings. The number of Topliss-reactive ketones (excluding diaryl/α,β-unsaturated/α-hetero) is 1. The molecule has 2 amide bonds. The molecule has 1 aromatic heterocycles. The number of nitrogens with zero attached hydrogens (tertiary/aromatic N) is 2. The van der Waals surface area contributed by atoms with Crippen molar-refractivity contribution in [2.24, 2.45) is 5.92 Å². The van der Waals surface area contributed by atoms with Gasteiger partial charge in [0.2, 0.25) is 11.2 Å². The zero-order valence-corrected chi connectivity index (χ0v) is 29.8. The van der Waals surface area contributed by atoms with Gasteiger partial charge in [-0.05, 0) is 73.2 Å². The normalized spacial score (nSPS) is 14.6. The Kier molecular flexibility index (Phi) is 11.1. The number of carbonyl (C=O) groups excluding carboxylic acids is 4. The first kappa shape index (κ1) is 36.3. The summed E-state index contributed by atoms with van der Waals surface area (Å²) in [5, 5.41) is 1.74. The molecule has 0 aliphatic heterocycles. The van der Waals surface area contributed by atoms with E-state index in [2.05, 4.69) is 5.32 Å². The number of likely N-dealkylation sites (N-methyl/N-ethyl adjacent to an activating group) is 1. The lowest BCUT2D eigenvalue weighted by Crippen LogP contribution is -2.39. The van der Waals surface area contributed by atoms with E-state index in [0.717, 1.165) is 36.4 Å². The molecular weight excluding hydrogens is 658 g/mol. The minimum absolute atomic E-state index is 0.0469. The van der Waals surface area contributed by atoms with Crippen LogP contribution in [0.25, 0.3) is 10.9 Å². The molecular formula is C38H43N3O8S. The van der Waals surface area contributed by atoms with Gasteiger partial charge >= 0.3 is 5.97 Å². The molecule has 0 radical (unpaired) electrons. The number of amides is 2. The quantitative estimate of drug-likeness (QED) is 0.117. The molecule has 0 spiro atoms. The molecule has 264 valence electrons. The van der Waals surface area contributed by atoms with Crippen LogP contribution in [0.4, 0.5) is 0 Å². The van der Waals surface area contributed by atoms with Crippen molar-refractivity contribution in [3.8, 4) is 5.75 Å². The van der Waals surface area contributed by atoms with Gasteiger partial charge < -0.3 is 24.3 Å². The van der Waals surface area contributed by atoms with Gasteiger partial charge in [-0.15, -0.1) is 0 Å². The number of hydrogen-bond acceptors (Lipinski definition) is 8. The fourth-order valence-electron chi connectivity index (χ4n) is 6.60. The van der Waals surface area contributed by atoms with Crippen molar-refractivity contribution in [3.05, 3.63) is 95.2 Å². The van der Waals surface area contributed by atoms with Crippen molar-refractivity contribution in [1.82, 2.24) is 14.8 Å². The topological polar surface area (TPSA) is 141 Å². The van der Waals surface area contributed by atoms with Gasteiger partial charge in [0, 0.05) is 55.3 Å². The summed E-state index contributed by atoms with van der Waals surface area (Å²) < 4.78 is 39.2. The van der Waals surface area contributed by atoms with Gasteiger partial charge in [-0.25, -0.2) is 8.42 Å². The zero-order chi connectivity index (χ0) is 36.2. The van der Waals surface area contributed by atoms with Crippen LogP contribution in [0.15, 0.2) is 77.8 Å². The van der Waals surface area contributed by atoms with Crippen molar-refractivity contribution < 1.29 is 37.1 Å². The molecule has 1 aliphatic carbocycles. The second kappa shape index (κ2) is 15.3. The average molecular weight is 702 g/mol. The highest BCUT2D eigenvalue weighted by atomic mass is 32.2. The maximum Gasteiger partial charge on any atom is 0.332 e. The molecule has 4 aromatic rings. The molecule has 3 aromatic carbocycles. The number of rotatable bonds is 13. The van der Waals surface area contributed by atoms with Crippen molar-refractivity contribution in [2.75, 3.05) is 34.9 Å². The van der Waals surface area contributed by atoms with E-state index in [-0.39, 0.29) is 22.3 Å². The molecule has 2 atom stereocenters. The monoisotopic (exact) mass is 701 g/mol. The predicted octanol–water partition coefficient (Wildman–Crippen LogP) is 5.01. The highest BCUT2D eigenvalue weighted by Gasteiger charge is 2.42. The number of fused-ring (bicyclic) bond motifs is 1. The van der Waals surface area contributed by atoms with Crippen LogP contribution in [-0.4, -0.2) is 81.6 Å². The standard InChI is InChI=1S/C38H43N3O8S/c1-24(37(44)40(2)3)41-23-29(31-20-28(17-18-32(31)41)36(43)39-22-25-11-9-10-12-25)19-26-15-16-27(21-33(26)48-4)34(42)35(38(45)49-5)50(46,47)30-13-7-6-8-14-30/h6-8,13-18,20-21,23-25,35H,9-12,19,22H2,1-5H3,(H,39,43). The van der Waals surface area contributed by atoms with Crippen LogP contribution < -0.4 is 10.1 Å². The maximum absolute atomic E-state index is 13.7. The van der Waals surface area contributed by atoms with Gasteiger partial charge in [-0.3, -0.25) is 19.2 Å². The largest absolute Gasteiger partial charge is 0.496 e. The van der Waals surface area contributed by atoms with Crippen molar-refractivity contribution in [3.63, 3.8) is 0 Å². The fourth-order valence-corrected chi connectivity index (χ4v) is 8.18. The summed E-state index contributed by atoms with van der Waals surface area (Å²) in [4.78, 5) is 54.1. The first-order valence-corrected chi connectivity index (χ1v) is 18.1. The Morgan fingerprint density at radius 2 is 1.60 bits per heavy atom. The van der Waals surface area contributed by atoms with E-state index in [1.165, 1.54) is 61.2 Å². The van der Waals surface area contributed by atoms with E-state index in [9.17, 15) is 27.6 Å². The van der Waals surface area contributed by atoms with Crippen LogP contribution in [0.3, 0.4) is 0 Å². The number of ether oxygens (including phenoxy) is 2. The number of methoxy groups -OCH3 is 2. The molecule has 5 rings (SSSR count). The Hall–Kier alpha value is -4.97. The number of sulfone groups is 1. The predicted molar refractivity (Wildman–Crippen MR) is 189 cm³/mol. The minimum Gasteiger partial charge on any atom is -0.496 e. The van der Waals surface area contributed by atoms with E-state index in [4.69, 9.17) is 9.47 Å². The molecule has 2 unspecified atom stereocenters. The lowest BCUT2D eigenvalue weighted by atomic mass is 9.99. The van der Waals surface area contributed by atoms with Crippen LogP contribution >= 0.6 is 0 Å². The smallest absolute Gasteiger partial charge is 0.332 e. The third kappa shape index (κ3) is 7.45. The van der Waals surface area contributed by atoms with Gasteiger partial charge in [-0.1, -0.05) is 43.2 Å². The van der Waals surface area contributed by atoms with Gasteiger partial charge in [0.25, 0.3) is 5.91 Å². The summed E-state index contributed by atoms with van der Waals surface area (Å²) in [5.74, 6) is -1.63. The Morgan fingerprint density at radius 3 is 2.24 bits per heavy atom. The molecule has 12 heteroatoms. The van der Waals surface area contributed by atoms with Crippen molar-refractivity contribution in [1.29, 1.82) is 0 Å². The van der Waals surface area contributed by atoms with Gasteiger partial charge in [0.1, 0.15) is 11.8 Å². The molecule has 1 N–H and O–H groups in total. The second-order valence-electron chi connectivity index (χ2n) is 12.9. The summed E-state index contributed by atoms with van der Waals surface area (Å²) >= 11 is 0. The van der Waals surface area contributed by atoms with Crippen LogP contribution in [-0.2, 0) is 30.6 Å². The van der Waals surface area contributed by atoms with Gasteiger partial charge in [0.05, 0.1) is 19.1 Å². The Bertz CT molecular complexity index is 2010. The lowest BCUT2D eigenvalue weighted by molar-refractivity contribution is -0.139. The highest BCUT2D eigenvalue weighted by molar-refractivity contribution is 7.93. The van der Waals surface area contributed by atoms with Crippen molar-refractivity contribution in [2.45, 2.75) is 55.2 Å². The summed E-state index contributed by atoms with van der Waals surface area (Å²) in [7, 11) is 1.42. The highest BCUT2D eigenvalue weighted by Crippen LogP contribution is 2.32. The number of benzene rings is 3. The zero-order valence-electron chi connectivity index (χ0n) is 29.0. The molecule has 0 bridgehead atoms. The van der Waals surface area contributed by atoms with Crippen LogP contribution in [0, 0.1) is 5.92 Å².